The van der Waals surface area contributed by atoms with Crippen LogP contribution in [0.2, 0.25) is 0 Å². The molecule has 0 spiro atoms. The summed E-state index contributed by atoms with van der Waals surface area (Å²) < 4.78 is 29.7. The number of likely N-dealkylation sites (N-methyl/N-ethyl adjacent to an activating group) is 1. The molecule has 0 aliphatic carbocycles. The van der Waals surface area contributed by atoms with Crippen molar-refractivity contribution in [1.29, 1.82) is 5.41 Å². The van der Waals surface area contributed by atoms with E-state index in [0.717, 1.165) is 16.0 Å². The van der Waals surface area contributed by atoms with Gasteiger partial charge in [-0.25, -0.2) is 4.79 Å². The van der Waals surface area contributed by atoms with E-state index in [1.807, 2.05) is 25.1 Å². The number of fused-ring (bicyclic) bond motifs is 1. The lowest BCUT2D eigenvalue weighted by molar-refractivity contribution is -0.134. The molecule has 0 aliphatic rings. The summed E-state index contributed by atoms with van der Waals surface area (Å²) in [6.07, 6.45) is 0. The van der Waals surface area contributed by atoms with Gasteiger partial charge in [0.2, 0.25) is 0 Å². The standard InChI is InChI=1S/C16H20N4O4S/c1-19(2)13-8-4-7-12-11(13)6-5-9-14(12)25(22,23)24-15(21)10-20(3)16(17)18/h4-9H,10H2,1-3H3,(H3,17,18). The highest BCUT2D eigenvalue weighted by Gasteiger charge is 2.24. The van der Waals surface area contributed by atoms with Crippen molar-refractivity contribution in [1.82, 2.24) is 4.90 Å². The van der Waals surface area contributed by atoms with Crippen LogP contribution in [0.4, 0.5) is 5.69 Å². The molecule has 0 saturated carbocycles. The van der Waals surface area contributed by atoms with Crippen molar-refractivity contribution in [2.75, 3.05) is 32.6 Å². The molecule has 2 aromatic carbocycles. The largest absolute Gasteiger partial charge is 0.377 e. The summed E-state index contributed by atoms with van der Waals surface area (Å²) in [5, 5.41) is 8.39. The first-order valence-electron chi connectivity index (χ1n) is 7.35. The third-order valence-electron chi connectivity index (χ3n) is 3.59. The molecule has 0 fully saturated rings. The Morgan fingerprint density at radius 3 is 2.32 bits per heavy atom. The molecule has 0 aromatic heterocycles. The highest BCUT2D eigenvalue weighted by molar-refractivity contribution is 7.87. The summed E-state index contributed by atoms with van der Waals surface area (Å²) in [7, 11) is 0.790. The molecule has 0 bridgehead atoms. The summed E-state index contributed by atoms with van der Waals surface area (Å²) in [5.74, 6) is -1.38. The fraction of sp³-hybridized carbons (Fsp3) is 0.250. The van der Waals surface area contributed by atoms with Crippen LogP contribution in [0.25, 0.3) is 10.8 Å². The number of benzene rings is 2. The van der Waals surface area contributed by atoms with Crippen LogP contribution < -0.4 is 10.6 Å². The second-order valence-corrected chi connectivity index (χ2v) is 7.19. The lowest BCUT2D eigenvalue weighted by atomic mass is 10.1. The van der Waals surface area contributed by atoms with Crippen molar-refractivity contribution in [3.63, 3.8) is 0 Å². The van der Waals surface area contributed by atoms with Gasteiger partial charge in [0.1, 0.15) is 11.4 Å². The highest BCUT2D eigenvalue weighted by atomic mass is 32.2. The molecule has 0 unspecified atom stereocenters. The van der Waals surface area contributed by atoms with E-state index in [1.165, 1.54) is 13.1 Å². The van der Waals surface area contributed by atoms with Gasteiger partial charge in [-0.3, -0.25) is 5.41 Å². The predicted molar refractivity (Wildman–Crippen MR) is 96.1 cm³/mol. The van der Waals surface area contributed by atoms with Crippen molar-refractivity contribution >= 4 is 38.5 Å². The van der Waals surface area contributed by atoms with Crippen molar-refractivity contribution < 1.29 is 17.4 Å². The number of nitrogens with two attached hydrogens (primary N) is 1. The lowest BCUT2D eigenvalue weighted by Crippen LogP contribution is -2.37. The normalized spacial score (nSPS) is 11.2. The van der Waals surface area contributed by atoms with Crippen LogP contribution in [0, 0.1) is 5.41 Å². The van der Waals surface area contributed by atoms with Gasteiger partial charge in [0, 0.05) is 37.6 Å². The van der Waals surface area contributed by atoms with Gasteiger partial charge in [-0.2, -0.15) is 8.42 Å². The summed E-state index contributed by atoms with van der Waals surface area (Å²) in [4.78, 5) is 14.7. The third kappa shape index (κ3) is 4.00. The molecule has 2 rings (SSSR count). The molecule has 0 aliphatic heterocycles. The molecule has 0 heterocycles. The Morgan fingerprint density at radius 2 is 1.72 bits per heavy atom. The molecular formula is C16H20N4O4S. The minimum atomic E-state index is -4.31. The minimum absolute atomic E-state index is 0.0903. The highest BCUT2D eigenvalue weighted by Crippen LogP contribution is 2.30. The Labute approximate surface area is 146 Å². The van der Waals surface area contributed by atoms with E-state index in [2.05, 4.69) is 4.18 Å². The second kappa shape index (κ2) is 6.98. The van der Waals surface area contributed by atoms with Gasteiger partial charge < -0.3 is 19.7 Å². The first-order chi connectivity index (χ1) is 11.6. The van der Waals surface area contributed by atoms with Crippen molar-refractivity contribution in [3.8, 4) is 0 Å². The van der Waals surface area contributed by atoms with E-state index in [0.29, 0.717) is 5.39 Å². The predicted octanol–water partition coefficient (Wildman–Crippen LogP) is 0.963. The molecule has 134 valence electrons. The van der Waals surface area contributed by atoms with Gasteiger partial charge in [0.15, 0.2) is 5.96 Å². The molecule has 8 nitrogen and oxygen atoms in total. The van der Waals surface area contributed by atoms with Crippen molar-refractivity contribution in [2.24, 2.45) is 5.73 Å². The van der Waals surface area contributed by atoms with Gasteiger partial charge in [-0.1, -0.05) is 24.3 Å². The van der Waals surface area contributed by atoms with Crippen molar-refractivity contribution in [3.05, 3.63) is 36.4 Å². The molecule has 0 amide bonds. The molecular weight excluding hydrogens is 344 g/mol. The summed E-state index contributed by atoms with van der Waals surface area (Å²) in [6, 6.07) is 10.0. The Bertz CT molecular complexity index is 925. The maximum absolute atomic E-state index is 12.5. The Hall–Kier alpha value is -2.81. The van der Waals surface area contributed by atoms with E-state index in [1.54, 1.807) is 24.3 Å². The first kappa shape index (κ1) is 18.5. The van der Waals surface area contributed by atoms with Gasteiger partial charge in [-0.15, -0.1) is 0 Å². The summed E-state index contributed by atoms with van der Waals surface area (Å²) in [5.41, 5.74) is 6.07. The molecule has 2 aromatic rings. The third-order valence-corrected chi connectivity index (χ3v) is 4.89. The van der Waals surface area contributed by atoms with E-state index in [4.69, 9.17) is 11.1 Å². The van der Waals surface area contributed by atoms with Crippen LogP contribution in [0.1, 0.15) is 0 Å². The zero-order valence-electron chi connectivity index (χ0n) is 14.2. The zero-order valence-corrected chi connectivity index (χ0v) is 15.0. The van der Waals surface area contributed by atoms with Crippen LogP contribution in [-0.4, -0.2) is 52.9 Å². The number of carbonyl (C=O) groups is 1. The molecule has 0 saturated heterocycles. The van der Waals surface area contributed by atoms with E-state index >= 15 is 0 Å². The number of anilines is 1. The van der Waals surface area contributed by atoms with Gasteiger partial charge in [-0.05, 0) is 12.1 Å². The quantitative estimate of drug-likeness (QED) is 0.461. The van der Waals surface area contributed by atoms with E-state index < -0.39 is 22.6 Å². The topological polar surface area (TPSA) is 117 Å². The Balaban J connectivity index is 2.42. The van der Waals surface area contributed by atoms with Crippen molar-refractivity contribution in [2.45, 2.75) is 4.90 Å². The average Bonchev–Trinajstić information content (AvgIpc) is 2.52. The molecule has 9 heteroatoms. The SMILES string of the molecule is CN(CC(=O)OS(=O)(=O)c1cccc2c(N(C)C)cccc12)C(=N)N. The maximum atomic E-state index is 12.5. The summed E-state index contributed by atoms with van der Waals surface area (Å²) >= 11 is 0. The molecule has 0 atom stereocenters. The lowest BCUT2D eigenvalue weighted by Gasteiger charge is -2.17. The minimum Gasteiger partial charge on any atom is -0.377 e. The van der Waals surface area contributed by atoms with Crippen LogP contribution in [-0.2, 0) is 19.1 Å². The Morgan fingerprint density at radius 1 is 1.12 bits per heavy atom. The van der Waals surface area contributed by atoms with Crippen LogP contribution in [0.5, 0.6) is 0 Å². The first-order valence-corrected chi connectivity index (χ1v) is 8.76. The number of rotatable bonds is 5. The number of hydrogen-bond donors (Lipinski definition) is 2. The number of nitrogens with one attached hydrogen (secondary N) is 1. The number of nitrogens with zero attached hydrogens (tertiary/aromatic N) is 2. The number of carbonyl (C=O) groups excluding carboxylic acids is 1. The van der Waals surface area contributed by atoms with Crippen LogP contribution in [0.3, 0.4) is 0 Å². The number of guanidine groups is 1. The fourth-order valence-corrected chi connectivity index (χ4v) is 3.42. The number of hydrogen-bond acceptors (Lipinski definition) is 6. The van der Waals surface area contributed by atoms with Gasteiger partial charge in [0.05, 0.1) is 0 Å². The Kier molecular flexibility index (Phi) is 5.17. The van der Waals surface area contributed by atoms with Crippen LogP contribution >= 0.6 is 0 Å². The second-order valence-electron chi connectivity index (χ2n) is 5.67. The van der Waals surface area contributed by atoms with E-state index in [9.17, 15) is 13.2 Å². The molecule has 0 radical (unpaired) electrons. The monoisotopic (exact) mass is 364 g/mol. The molecule has 3 N–H and O–H groups in total. The molecule has 25 heavy (non-hydrogen) atoms. The smallest absolute Gasteiger partial charge is 0.342 e. The van der Waals surface area contributed by atoms with Gasteiger partial charge >= 0.3 is 16.1 Å². The summed E-state index contributed by atoms with van der Waals surface area (Å²) in [6.45, 7) is -0.442. The van der Waals surface area contributed by atoms with E-state index in [-0.39, 0.29) is 10.9 Å². The zero-order chi connectivity index (χ0) is 18.8. The fourth-order valence-electron chi connectivity index (χ4n) is 2.34. The van der Waals surface area contributed by atoms with Crippen LogP contribution in [0.15, 0.2) is 41.3 Å². The van der Waals surface area contributed by atoms with Gasteiger partial charge in [0.25, 0.3) is 0 Å². The average molecular weight is 364 g/mol. The maximum Gasteiger partial charge on any atom is 0.342 e.